The van der Waals surface area contributed by atoms with Crippen molar-refractivity contribution in [3.63, 3.8) is 0 Å². The lowest BCUT2D eigenvalue weighted by atomic mass is 9.96. The molecule has 0 bridgehead atoms. The van der Waals surface area contributed by atoms with Gasteiger partial charge in [0.2, 0.25) is 11.8 Å². The number of nitrogens with one attached hydrogen (secondary N) is 1. The zero-order valence-corrected chi connectivity index (χ0v) is 13.1. The highest BCUT2D eigenvalue weighted by molar-refractivity contribution is 5.96. The largest absolute Gasteiger partial charge is 0.383 e. The first-order valence-electron chi connectivity index (χ1n) is 7.48. The smallest absolute Gasteiger partial charge is 0.249 e. The Kier molecular flexibility index (Phi) is 5.38. The molecular weight excluding hydrogens is 282 g/mol. The van der Waals surface area contributed by atoms with Gasteiger partial charge < -0.3 is 20.7 Å². The number of anilines is 1. The van der Waals surface area contributed by atoms with E-state index in [4.69, 9.17) is 10.5 Å². The normalized spacial score (nSPS) is 15.1. The van der Waals surface area contributed by atoms with Crippen molar-refractivity contribution in [1.82, 2.24) is 5.32 Å². The monoisotopic (exact) mass is 305 g/mol. The molecule has 2 amide bonds. The second-order valence-corrected chi connectivity index (χ2v) is 5.62. The maximum absolute atomic E-state index is 12.1. The summed E-state index contributed by atoms with van der Waals surface area (Å²) in [4.78, 5) is 25.7. The average Bonchev–Trinajstić information content (AvgIpc) is 2.46. The van der Waals surface area contributed by atoms with Crippen molar-refractivity contribution in [1.29, 1.82) is 0 Å². The van der Waals surface area contributed by atoms with Crippen LogP contribution in [0, 0.1) is 0 Å². The molecule has 22 heavy (non-hydrogen) atoms. The number of carbonyl (C=O) groups is 2. The molecule has 1 heterocycles. The Bertz CT molecular complexity index is 560. The van der Waals surface area contributed by atoms with Gasteiger partial charge in [-0.15, -0.1) is 0 Å². The second kappa shape index (κ2) is 7.26. The first-order valence-corrected chi connectivity index (χ1v) is 7.48. The van der Waals surface area contributed by atoms with E-state index in [-0.39, 0.29) is 18.5 Å². The van der Waals surface area contributed by atoms with E-state index in [1.165, 1.54) is 0 Å². The minimum absolute atomic E-state index is 0.0290. The van der Waals surface area contributed by atoms with Crippen molar-refractivity contribution in [2.24, 2.45) is 5.73 Å². The molecule has 1 aromatic rings. The van der Waals surface area contributed by atoms with Gasteiger partial charge in [-0.25, -0.2) is 0 Å². The standard InChI is InChI=1S/C16H23N3O3/c1-11(10-22-2)18-15(20)9-19-8-4-6-12-13(16(17)21)5-3-7-14(12)19/h3,5,7,11H,4,6,8-10H2,1-2H3,(H2,17,21)(H,18,20). The fourth-order valence-electron chi connectivity index (χ4n) is 2.88. The number of carbonyl (C=O) groups excluding carboxylic acids is 2. The number of amides is 2. The van der Waals surface area contributed by atoms with E-state index in [9.17, 15) is 9.59 Å². The van der Waals surface area contributed by atoms with E-state index in [2.05, 4.69) is 5.32 Å². The van der Waals surface area contributed by atoms with Crippen molar-refractivity contribution < 1.29 is 14.3 Å². The van der Waals surface area contributed by atoms with Gasteiger partial charge in [-0.05, 0) is 37.5 Å². The fourth-order valence-corrected chi connectivity index (χ4v) is 2.88. The molecule has 0 aliphatic carbocycles. The molecule has 1 unspecified atom stereocenters. The quantitative estimate of drug-likeness (QED) is 0.810. The van der Waals surface area contributed by atoms with Gasteiger partial charge in [-0.1, -0.05) is 6.07 Å². The zero-order chi connectivity index (χ0) is 16.1. The number of rotatable bonds is 6. The van der Waals surface area contributed by atoms with Gasteiger partial charge >= 0.3 is 0 Å². The molecule has 1 aromatic carbocycles. The number of primary amides is 1. The number of hydrogen-bond donors (Lipinski definition) is 2. The van der Waals surface area contributed by atoms with Crippen LogP contribution in [0.25, 0.3) is 0 Å². The Labute approximate surface area is 130 Å². The van der Waals surface area contributed by atoms with Crippen LogP contribution in [0.2, 0.25) is 0 Å². The van der Waals surface area contributed by atoms with Crippen LogP contribution in [0.3, 0.4) is 0 Å². The van der Waals surface area contributed by atoms with Crippen LogP contribution in [-0.4, -0.2) is 44.7 Å². The van der Waals surface area contributed by atoms with E-state index in [1.807, 2.05) is 24.0 Å². The number of nitrogens with zero attached hydrogens (tertiary/aromatic N) is 1. The molecule has 0 fully saturated rings. The summed E-state index contributed by atoms with van der Waals surface area (Å²) >= 11 is 0. The van der Waals surface area contributed by atoms with Crippen LogP contribution in [0.15, 0.2) is 18.2 Å². The highest BCUT2D eigenvalue weighted by Crippen LogP contribution is 2.29. The van der Waals surface area contributed by atoms with Gasteiger partial charge in [0.25, 0.3) is 0 Å². The summed E-state index contributed by atoms with van der Waals surface area (Å²) in [7, 11) is 1.61. The van der Waals surface area contributed by atoms with E-state index >= 15 is 0 Å². The van der Waals surface area contributed by atoms with Crippen molar-refractivity contribution in [2.75, 3.05) is 31.7 Å². The van der Waals surface area contributed by atoms with E-state index in [0.29, 0.717) is 12.2 Å². The molecule has 3 N–H and O–H groups in total. The maximum Gasteiger partial charge on any atom is 0.249 e. The third-order valence-electron chi connectivity index (χ3n) is 3.77. The molecule has 0 aromatic heterocycles. The molecule has 120 valence electrons. The highest BCUT2D eigenvalue weighted by Gasteiger charge is 2.23. The summed E-state index contributed by atoms with van der Waals surface area (Å²) < 4.78 is 5.01. The summed E-state index contributed by atoms with van der Waals surface area (Å²) in [5.74, 6) is -0.473. The number of benzene rings is 1. The highest BCUT2D eigenvalue weighted by atomic mass is 16.5. The molecule has 6 nitrogen and oxygen atoms in total. The fraction of sp³-hybridized carbons (Fsp3) is 0.500. The molecular formula is C16H23N3O3. The summed E-state index contributed by atoms with van der Waals surface area (Å²) in [6.45, 7) is 3.44. The summed E-state index contributed by atoms with van der Waals surface area (Å²) in [6.07, 6.45) is 1.71. The van der Waals surface area contributed by atoms with Crippen molar-refractivity contribution in [3.8, 4) is 0 Å². The van der Waals surface area contributed by atoms with Crippen LogP contribution >= 0.6 is 0 Å². The topological polar surface area (TPSA) is 84.7 Å². The molecule has 6 heteroatoms. The van der Waals surface area contributed by atoms with Gasteiger partial charge in [0, 0.05) is 30.9 Å². The molecule has 0 saturated heterocycles. The molecule has 0 saturated carbocycles. The first kappa shape index (κ1) is 16.3. The van der Waals surface area contributed by atoms with Gasteiger partial charge in [0.15, 0.2) is 0 Å². The molecule has 1 aliphatic heterocycles. The van der Waals surface area contributed by atoms with Crippen LogP contribution in [0.4, 0.5) is 5.69 Å². The molecule has 1 atom stereocenters. The van der Waals surface area contributed by atoms with E-state index in [0.717, 1.165) is 30.6 Å². The lowest BCUT2D eigenvalue weighted by Gasteiger charge is -2.32. The minimum Gasteiger partial charge on any atom is -0.383 e. The molecule has 2 rings (SSSR count). The summed E-state index contributed by atoms with van der Waals surface area (Å²) in [5.41, 5.74) is 7.86. The second-order valence-electron chi connectivity index (χ2n) is 5.62. The van der Waals surface area contributed by atoms with Crippen molar-refractivity contribution in [2.45, 2.75) is 25.8 Å². The molecule has 1 aliphatic rings. The number of nitrogens with two attached hydrogens (primary N) is 1. The summed E-state index contributed by atoms with van der Waals surface area (Å²) in [6, 6.07) is 5.46. The van der Waals surface area contributed by atoms with Crippen molar-refractivity contribution >= 4 is 17.5 Å². The Morgan fingerprint density at radius 1 is 1.45 bits per heavy atom. The van der Waals surface area contributed by atoms with Crippen LogP contribution in [0.1, 0.15) is 29.3 Å². The molecule has 0 radical (unpaired) electrons. The van der Waals surface area contributed by atoms with Crippen LogP contribution in [-0.2, 0) is 16.0 Å². The van der Waals surface area contributed by atoms with Crippen molar-refractivity contribution in [3.05, 3.63) is 29.3 Å². The number of hydrogen-bond acceptors (Lipinski definition) is 4. The van der Waals surface area contributed by atoms with E-state index in [1.54, 1.807) is 13.2 Å². The van der Waals surface area contributed by atoms with Crippen LogP contribution < -0.4 is 16.0 Å². The number of fused-ring (bicyclic) bond motifs is 1. The lowest BCUT2D eigenvalue weighted by molar-refractivity contribution is -0.120. The predicted octanol–water partition coefficient (Wildman–Crippen LogP) is 0.689. The van der Waals surface area contributed by atoms with Gasteiger partial charge in [0.1, 0.15) is 0 Å². The van der Waals surface area contributed by atoms with E-state index < -0.39 is 5.91 Å². The predicted molar refractivity (Wildman–Crippen MR) is 85.0 cm³/mol. The lowest BCUT2D eigenvalue weighted by Crippen LogP contribution is -2.44. The Morgan fingerprint density at radius 3 is 2.91 bits per heavy atom. The third kappa shape index (κ3) is 3.76. The SMILES string of the molecule is COCC(C)NC(=O)CN1CCCc2c(C(N)=O)cccc21. The zero-order valence-electron chi connectivity index (χ0n) is 13.1. The Morgan fingerprint density at radius 2 is 2.23 bits per heavy atom. The van der Waals surface area contributed by atoms with Gasteiger partial charge in [-0.3, -0.25) is 9.59 Å². The Hall–Kier alpha value is -2.08. The average molecular weight is 305 g/mol. The maximum atomic E-state index is 12.1. The number of methoxy groups -OCH3 is 1. The third-order valence-corrected chi connectivity index (χ3v) is 3.77. The molecule has 0 spiro atoms. The first-order chi connectivity index (χ1) is 10.5. The Balaban J connectivity index is 2.11. The minimum atomic E-state index is -0.420. The van der Waals surface area contributed by atoms with Gasteiger partial charge in [-0.2, -0.15) is 0 Å². The van der Waals surface area contributed by atoms with Crippen LogP contribution in [0.5, 0.6) is 0 Å². The number of ether oxygens (including phenoxy) is 1. The van der Waals surface area contributed by atoms with Gasteiger partial charge in [0.05, 0.1) is 13.2 Å². The summed E-state index contributed by atoms with van der Waals surface area (Å²) in [5, 5.41) is 2.90.